The molecular weight excluding hydrogens is 342 g/mol. The number of nitrogens with zero attached hydrogens (tertiary/aromatic N) is 2. The first kappa shape index (κ1) is 19.8. The Kier molecular flexibility index (Phi) is 6.85. The van der Waals surface area contributed by atoms with Gasteiger partial charge in [-0.25, -0.2) is 5.01 Å². The Labute approximate surface area is 161 Å². The van der Waals surface area contributed by atoms with Gasteiger partial charge in [-0.3, -0.25) is 14.6 Å². The SMILES string of the molecule is CCCN(C(=O)c1c(C(N)=O)cccc1C1CCCCC1)N1CCOCC1. The zero-order chi connectivity index (χ0) is 19.2. The molecule has 0 bridgehead atoms. The molecule has 0 unspecified atom stereocenters. The molecule has 2 N–H and O–H groups in total. The standard InChI is InChI=1S/C21H31N3O3/c1-2-11-24(23-12-14-27-15-13-23)21(26)19-17(16-7-4-3-5-8-16)9-6-10-18(19)20(22)25/h6,9-10,16H,2-5,7-8,11-15H2,1H3,(H2,22,25). The van der Waals surface area contributed by atoms with Crippen LogP contribution in [0.15, 0.2) is 18.2 Å². The minimum Gasteiger partial charge on any atom is -0.379 e. The fraction of sp³-hybridized carbons (Fsp3) is 0.619. The number of hydrogen-bond acceptors (Lipinski definition) is 4. The lowest BCUT2D eigenvalue weighted by Crippen LogP contribution is -2.52. The van der Waals surface area contributed by atoms with E-state index in [9.17, 15) is 9.59 Å². The first-order chi connectivity index (χ1) is 13.1. The molecule has 1 aromatic carbocycles. The minimum atomic E-state index is -0.533. The van der Waals surface area contributed by atoms with Crippen LogP contribution in [0.25, 0.3) is 0 Å². The predicted octanol–water partition coefficient (Wildman–Crippen LogP) is 2.93. The maximum atomic E-state index is 13.7. The zero-order valence-corrected chi connectivity index (χ0v) is 16.3. The van der Waals surface area contributed by atoms with E-state index in [0.717, 1.165) is 24.8 Å². The van der Waals surface area contributed by atoms with E-state index in [4.69, 9.17) is 10.5 Å². The van der Waals surface area contributed by atoms with E-state index in [-0.39, 0.29) is 5.91 Å². The van der Waals surface area contributed by atoms with Gasteiger partial charge >= 0.3 is 0 Å². The van der Waals surface area contributed by atoms with Gasteiger partial charge in [0.25, 0.3) is 5.91 Å². The highest BCUT2D eigenvalue weighted by Crippen LogP contribution is 2.36. The molecule has 0 spiro atoms. The van der Waals surface area contributed by atoms with Crippen LogP contribution in [0.4, 0.5) is 0 Å². The molecular formula is C21H31N3O3. The molecule has 2 fully saturated rings. The van der Waals surface area contributed by atoms with Crippen LogP contribution >= 0.6 is 0 Å². The smallest absolute Gasteiger partial charge is 0.269 e. The van der Waals surface area contributed by atoms with Gasteiger partial charge in [0.2, 0.25) is 5.91 Å². The van der Waals surface area contributed by atoms with Gasteiger partial charge in [0, 0.05) is 19.6 Å². The number of hydrazine groups is 1. The van der Waals surface area contributed by atoms with Crippen LogP contribution in [0.1, 0.15) is 77.6 Å². The molecule has 0 radical (unpaired) electrons. The lowest BCUT2D eigenvalue weighted by atomic mass is 9.80. The van der Waals surface area contributed by atoms with E-state index in [0.29, 0.717) is 49.9 Å². The Morgan fingerprint density at radius 3 is 2.52 bits per heavy atom. The van der Waals surface area contributed by atoms with E-state index in [1.54, 1.807) is 11.1 Å². The van der Waals surface area contributed by atoms with E-state index in [1.165, 1.54) is 19.3 Å². The Morgan fingerprint density at radius 2 is 1.89 bits per heavy atom. The molecule has 0 aromatic heterocycles. The Bertz CT molecular complexity index is 665. The van der Waals surface area contributed by atoms with Gasteiger partial charge in [-0.2, -0.15) is 0 Å². The topological polar surface area (TPSA) is 75.9 Å². The molecule has 2 aliphatic rings. The summed E-state index contributed by atoms with van der Waals surface area (Å²) in [5, 5.41) is 3.86. The molecule has 27 heavy (non-hydrogen) atoms. The Balaban J connectivity index is 2.00. The Morgan fingerprint density at radius 1 is 1.19 bits per heavy atom. The summed E-state index contributed by atoms with van der Waals surface area (Å²) in [4.78, 5) is 25.8. The van der Waals surface area contributed by atoms with Crippen molar-refractivity contribution in [3.8, 4) is 0 Å². The third-order valence-corrected chi connectivity index (χ3v) is 5.62. The van der Waals surface area contributed by atoms with Crippen molar-refractivity contribution in [2.45, 2.75) is 51.4 Å². The molecule has 1 aromatic rings. The maximum Gasteiger partial charge on any atom is 0.269 e. The summed E-state index contributed by atoms with van der Waals surface area (Å²) in [6.07, 6.45) is 6.55. The quantitative estimate of drug-likeness (QED) is 0.832. The van der Waals surface area contributed by atoms with E-state index < -0.39 is 5.91 Å². The third kappa shape index (κ3) is 4.50. The highest BCUT2D eigenvalue weighted by atomic mass is 16.5. The first-order valence-corrected chi connectivity index (χ1v) is 10.2. The second-order valence-corrected chi connectivity index (χ2v) is 7.46. The lowest BCUT2D eigenvalue weighted by Gasteiger charge is -2.38. The summed E-state index contributed by atoms with van der Waals surface area (Å²) < 4.78 is 5.44. The molecule has 6 nitrogen and oxygen atoms in total. The van der Waals surface area contributed by atoms with Gasteiger partial charge in [-0.05, 0) is 36.8 Å². The van der Waals surface area contributed by atoms with Gasteiger partial charge in [-0.1, -0.05) is 38.3 Å². The highest BCUT2D eigenvalue weighted by molar-refractivity contribution is 6.07. The van der Waals surface area contributed by atoms with Crippen molar-refractivity contribution in [1.29, 1.82) is 0 Å². The van der Waals surface area contributed by atoms with Crippen LogP contribution < -0.4 is 5.73 Å². The molecule has 0 atom stereocenters. The number of hydrogen-bond donors (Lipinski definition) is 1. The molecule has 3 rings (SSSR count). The van der Waals surface area contributed by atoms with Crippen molar-refractivity contribution in [3.05, 3.63) is 34.9 Å². The van der Waals surface area contributed by atoms with Crippen LogP contribution in [0.2, 0.25) is 0 Å². The van der Waals surface area contributed by atoms with Crippen molar-refractivity contribution in [3.63, 3.8) is 0 Å². The molecule has 1 heterocycles. The van der Waals surface area contributed by atoms with Gasteiger partial charge in [0.1, 0.15) is 0 Å². The van der Waals surface area contributed by atoms with Crippen LogP contribution in [0.5, 0.6) is 0 Å². The summed E-state index contributed by atoms with van der Waals surface area (Å²) in [6, 6.07) is 5.56. The minimum absolute atomic E-state index is 0.103. The number of benzene rings is 1. The summed E-state index contributed by atoms with van der Waals surface area (Å²) in [5.74, 6) is -0.312. The molecule has 1 saturated carbocycles. The number of carbonyl (C=O) groups is 2. The highest BCUT2D eigenvalue weighted by Gasteiger charge is 2.31. The van der Waals surface area contributed by atoms with Crippen LogP contribution in [-0.2, 0) is 4.74 Å². The van der Waals surface area contributed by atoms with Crippen LogP contribution in [0.3, 0.4) is 0 Å². The van der Waals surface area contributed by atoms with Crippen LogP contribution in [0, 0.1) is 0 Å². The van der Waals surface area contributed by atoms with E-state index in [1.807, 2.05) is 12.1 Å². The number of primary amides is 1. The molecule has 1 saturated heterocycles. The van der Waals surface area contributed by atoms with Crippen molar-refractivity contribution in [1.82, 2.24) is 10.0 Å². The molecule has 148 valence electrons. The summed E-state index contributed by atoms with van der Waals surface area (Å²) >= 11 is 0. The number of carbonyl (C=O) groups excluding carboxylic acids is 2. The van der Waals surface area contributed by atoms with Gasteiger partial charge in [0.15, 0.2) is 0 Å². The number of nitrogens with two attached hydrogens (primary N) is 1. The molecule has 2 amide bonds. The van der Waals surface area contributed by atoms with Gasteiger partial charge in [-0.15, -0.1) is 0 Å². The summed E-state index contributed by atoms with van der Waals surface area (Å²) in [7, 11) is 0. The number of amides is 2. The number of rotatable bonds is 6. The normalized spacial score (nSPS) is 19.0. The van der Waals surface area contributed by atoms with Crippen molar-refractivity contribution in [2.24, 2.45) is 5.73 Å². The average Bonchev–Trinajstić information content (AvgIpc) is 2.72. The monoisotopic (exact) mass is 373 g/mol. The third-order valence-electron chi connectivity index (χ3n) is 5.62. The zero-order valence-electron chi connectivity index (χ0n) is 16.3. The number of ether oxygens (including phenoxy) is 1. The Hall–Kier alpha value is -1.92. The average molecular weight is 373 g/mol. The van der Waals surface area contributed by atoms with E-state index >= 15 is 0 Å². The second kappa shape index (κ2) is 9.33. The number of morpholine rings is 1. The summed E-state index contributed by atoms with van der Waals surface area (Å²) in [5.41, 5.74) is 7.51. The maximum absolute atomic E-state index is 13.7. The van der Waals surface area contributed by atoms with Crippen molar-refractivity contribution >= 4 is 11.8 Å². The lowest BCUT2D eigenvalue weighted by molar-refractivity contribution is -0.0698. The fourth-order valence-corrected chi connectivity index (χ4v) is 4.28. The fourth-order valence-electron chi connectivity index (χ4n) is 4.28. The molecule has 1 aliphatic carbocycles. The molecule has 1 aliphatic heterocycles. The van der Waals surface area contributed by atoms with E-state index in [2.05, 4.69) is 11.9 Å². The molecule has 6 heteroatoms. The predicted molar refractivity (Wildman–Crippen MR) is 105 cm³/mol. The van der Waals surface area contributed by atoms with Crippen molar-refractivity contribution < 1.29 is 14.3 Å². The van der Waals surface area contributed by atoms with Gasteiger partial charge < -0.3 is 10.5 Å². The van der Waals surface area contributed by atoms with Crippen LogP contribution in [-0.4, -0.2) is 54.7 Å². The first-order valence-electron chi connectivity index (χ1n) is 10.2. The second-order valence-electron chi connectivity index (χ2n) is 7.46. The largest absolute Gasteiger partial charge is 0.379 e. The van der Waals surface area contributed by atoms with Crippen molar-refractivity contribution in [2.75, 3.05) is 32.8 Å². The summed E-state index contributed by atoms with van der Waals surface area (Å²) in [6.45, 7) is 5.27. The van der Waals surface area contributed by atoms with Gasteiger partial charge in [0.05, 0.1) is 24.3 Å².